The van der Waals surface area contributed by atoms with Crippen molar-refractivity contribution in [1.82, 2.24) is 14.5 Å². The fourth-order valence-corrected chi connectivity index (χ4v) is 5.10. The largest absolute Gasteiger partial charge is 0.339 e. The first-order chi connectivity index (χ1) is 11.6. The van der Waals surface area contributed by atoms with Crippen molar-refractivity contribution >= 4 is 38.8 Å². The molecule has 0 aromatic carbocycles. The lowest BCUT2D eigenvalue weighted by molar-refractivity contribution is -0.131. The molecule has 0 atom stereocenters. The van der Waals surface area contributed by atoms with E-state index in [-0.39, 0.29) is 18.0 Å². The molecule has 0 saturated carbocycles. The van der Waals surface area contributed by atoms with Gasteiger partial charge in [-0.3, -0.25) is 14.2 Å². The summed E-state index contributed by atoms with van der Waals surface area (Å²) in [6, 6.07) is 3.97. The number of carbonyl (C=O) groups excluding carboxylic acids is 1. The Morgan fingerprint density at radius 1 is 1.42 bits per heavy atom. The molecule has 5 nitrogen and oxygen atoms in total. The molecule has 124 valence electrons. The Bertz CT molecular complexity index is 956. The number of likely N-dealkylation sites (N-methyl/N-ethyl adjacent to an activating group) is 1. The van der Waals surface area contributed by atoms with Crippen LogP contribution in [0.5, 0.6) is 0 Å². The van der Waals surface area contributed by atoms with E-state index in [2.05, 4.69) is 4.98 Å². The van der Waals surface area contributed by atoms with Gasteiger partial charge >= 0.3 is 0 Å². The number of carbonyl (C=O) groups is 1. The summed E-state index contributed by atoms with van der Waals surface area (Å²) >= 11 is 3.24. The van der Waals surface area contributed by atoms with Crippen LogP contribution in [0, 0.1) is 0 Å². The van der Waals surface area contributed by atoms with Crippen molar-refractivity contribution in [3.63, 3.8) is 0 Å². The molecule has 1 amide bonds. The van der Waals surface area contributed by atoms with Crippen LogP contribution in [0.15, 0.2) is 28.6 Å². The van der Waals surface area contributed by atoms with E-state index in [1.807, 2.05) is 17.5 Å². The van der Waals surface area contributed by atoms with E-state index in [4.69, 9.17) is 0 Å². The number of rotatable bonds is 4. The molecule has 0 N–H and O–H groups in total. The van der Waals surface area contributed by atoms with E-state index < -0.39 is 0 Å². The second-order valence-electron chi connectivity index (χ2n) is 6.04. The number of fused-ring (bicyclic) bond motifs is 3. The van der Waals surface area contributed by atoms with Gasteiger partial charge in [-0.25, -0.2) is 4.98 Å². The molecule has 1 aliphatic rings. The number of aryl methyl sites for hydroxylation is 2. The van der Waals surface area contributed by atoms with Gasteiger partial charge in [0.15, 0.2) is 0 Å². The molecule has 0 bridgehead atoms. The molecule has 3 aromatic heterocycles. The third kappa shape index (κ3) is 2.67. The van der Waals surface area contributed by atoms with Crippen molar-refractivity contribution in [2.24, 2.45) is 0 Å². The summed E-state index contributed by atoms with van der Waals surface area (Å²) in [5.74, 6) is -0.0847. The van der Waals surface area contributed by atoms with Crippen LogP contribution in [0.2, 0.25) is 0 Å². The van der Waals surface area contributed by atoms with Crippen molar-refractivity contribution in [2.45, 2.75) is 32.4 Å². The second-order valence-corrected chi connectivity index (χ2v) is 8.16. The SMILES string of the molecule is CN(Cc1cccs1)C(=O)Cn1cnc2sc3c(c2c1=O)CCC3. The summed E-state index contributed by atoms with van der Waals surface area (Å²) in [5.41, 5.74) is 1.07. The maximum atomic E-state index is 12.8. The molecule has 0 aliphatic heterocycles. The summed E-state index contributed by atoms with van der Waals surface area (Å²) in [5, 5.41) is 2.72. The lowest BCUT2D eigenvalue weighted by Crippen LogP contribution is -2.33. The lowest BCUT2D eigenvalue weighted by atomic mass is 10.2. The smallest absolute Gasteiger partial charge is 0.262 e. The average molecular weight is 359 g/mol. The summed E-state index contributed by atoms with van der Waals surface area (Å²) in [6.07, 6.45) is 4.60. The highest BCUT2D eigenvalue weighted by Crippen LogP contribution is 2.34. The first kappa shape index (κ1) is 15.5. The predicted octanol–water partition coefficient (Wildman–Crippen LogP) is 2.67. The van der Waals surface area contributed by atoms with Gasteiger partial charge in [-0.1, -0.05) is 6.07 Å². The molecule has 3 heterocycles. The Hall–Kier alpha value is -1.99. The summed E-state index contributed by atoms with van der Waals surface area (Å²) in [7, 11) is 1.77. The van der Waals surface area contributed by atoms with Crippen LogP contribution in [0.25, 0.3) is 10.2 Å². The van der Waals surface area contributed by atoms with Crippen LogP contribution in [-0.4, -0.2) is 27.4 Å². The number of hydrogen-bond acceptors (Lipinski definition) is 5. The molecule has 4 rings (SSSR count). The molecule has 0 radical (unpaired) electrons. The van der Waals surface area contributed by atoms with Crippen LogP contribution in [0.4, 0.5) is 0 Å². The van der Waals surface area contributed by atoms with E-state index in [1.54, 1.807) is 34.6 Å². The van der Waals surface area contributed by atoms with Gasteiger partial charge in [0, 0.05) is 16.8 Å². The van der Waals surface area contributed by atoms with Crippen LogP contribution in [0.3, 0.4) is 0 Å². The molecule has 1 aliphatic carbocycles. The van der Waals surface area contributed by atoms with E-state index in [0.717, 1.165) is 39.9 Å². The Kier molecular flexibility index (Phi) is 3.97. The second kappa shape index (κ2) is 6.14. The molecule has 0 spiro atoms. The maximum absolute atomic E-state index is 12.8. The molecular formula is C17H17N3O2S2. The minimum absolute atomic E-state index is 0.0360. The van der Waals surface area contributed by atoms with Crippen LogP contribution in [0.1, 0.15) is 21.7 Å². The van der Waals surface area contributed by atoms with Gasteiger partial charge in [-0.2, -0.15) is 0 Å². The van der Waals surface area contributed by atoms with Crippen LogP contribution in [-0.2, 0) is 30.7 Å². The fraction of sp³-hybridized carbons (Fsp3) is 0.353. The van der Waals surface area contributed by atoms with Gasteiger partial charge in [-0.05, 0) is 36.3 Å². The number of thiophene rings is 2. The number of aromatic nitrogens is 2. The Balaban J connectivity index is 1.59. The van der Waals surface area contributed by atoms with Gasteiger partial charge in [0.25, 0.3) is 5.56 Å². The zero-order chi connectivity index (χ0) is 16.7. The molecule has 24 heavy (non-hydrogen) atoms. The van der Waals surface area contributed by atoms with Crippen molar-refractivity contribution in [3.8, 4) is 0 Å². The van der Waals surface area contributed by atoms with Crippen molar-refractivity contribution in [2.75, 3.05) is 7.05 Å². The first-order valence-corrected chi connectivity index (χ1v) is 9.59. The molecule has 0 fully saturated rings. The minimum Gasteiger partial charge on any atom is -0.339 e. The van der Waals surface area contributed by atoms with E-state index in [1.165, 1.54) is 15.8 Å². The van der Waals surface area contributed by atoms with Gasteiger partial charge in [0.05, 0.1) is 18.3 Å². The Labute approximate surface area is 147 Å². The lowest BCUT2D eigenvalue weighted by Gasteiger charge is -2.16. The van der Waals surface area contributed by atoms with E-state index >= 15 is 0 Å². The summed E-state index contributed by atoms with van der Waals surface area (Å²) in [6.45, 7) is 0.600. The topological polar surface area (TPSA) is 55.2 Å². The third-order valence-corrected chi connectivity index (χ3v) is 6.46. The van der Waals surface area contributed by atoms with Gasteiger partial charge in [0.2, 0.25) is 5.91 Å². The van der Waals surface area contributed by atoms with Gasteiger partial charge < -0.3 is 4.90 Å². The Morgan fingerprint density at radius 3 is 3.08 bits per heavy atom. The van der Waals surface area contributed by atoms with Crippen molar-refractivity contribution in [3.05, 3.63) is 49.5 Å². The molecule has 0 saturated heterocycles. The zero-order valence-corrected chi connectivity index (χ0v) is 15.0. The van der Waals surface area contributed by atoms with Crippen molar-refractivity contribution in [1.29, 1.82) is 0 Å². The number of hydrogen-bond donors (Lipinski definition) is 0. The zero-order valence-electron chi connectivity index (χ0n) is 13.3. The fourth-order valence-electron chi connectivity index (χ4n) is 3.12. The molecular weight excluding hydrogens is 342 g/mol. The molecule has 0 unspecified atom stereocenters. The third-order valence-electron chi connectivity index (χ3n) is 4.40. The highest BCUT2D eigenvalue weighted by molar-refractivity contribution is 7.18. The first-order valence-electron chi connectivity index (χ1n) is 7.89. The normalized spacial score (nSPS) is 13.4. The van der Waals surface area contributed by atoms with E-state index in [0.29, 0.717) is 6.54 Å². The summed E-state index contributed by atoms with van der Waals surface area (Å²) in [4.78, 5) is 34.5. The summed E-state index contributed by atoms with van der Waals surface area (Å²) < 4.78 is 1.45. The van der Waals surface area contributed by atoms with Gasteiger partial charge in [0.1, 0.15) is 11.4 Å². The predicted molar refractivity (Wildman–Crippen MR) is 96.7 cm³/mol. The number of nitrogens with zero attached hydrogens (tertiary/aromatic N) is 3. The Morgan fingerprint density at radius 2 is 2.29 bits per heavy atom. The monoisotopic (exact) mass is 359 g/mol. The maximum Gasteiger partial charge on any atom is 0.262 e. The minimum atomic E-state index is -0.0859. The molecule has 7 heteroatoms. The van der Waals surface area contributed by atoms with Gasteiger partial charge in [-0.15, -0.1) is 22.7 Å². The quantitative estimate of drug-likeness (QED) is 0.720. The highest BCUT2D eigenvalue weighted by atomic mass is 32.1. The average Bonchev–Trinajstić information content (AvgIpc) is 3.26. The standard InChI is InChI=1S/C17H17N3O2S2/c1-19(8-11-4-3-7-23-11)14(21)9-20-10-18-16-15(17(20)22)12-5-2-6-13(12)24-16/h3-4,7,10H,2,5-6,8-9H2,1H3. The van der Waals surface area contributed by atoms with Crippen LogP contribution >= 0.6 is 22.7 Å². The highest BCUT2D eigenvalue weighted by Gasteiger charge is 2.22. The van der Waals surface area contributed by atoms with E-state index in [9.17, 15) is 9.59 Å². The van der Waals surface area contributed by atoms with Crippen molar-refractivity contribution < 1.29 is 4.79 Å². The molecule has 3 aromatic rings. The van der Waals surface area contributed by atoms with Crippen LogP contribution < -0.4 is 5.56 Å². The number of amides is 1.